The molecule has 2 aliphatic heterocycles. The number of rotatable bonds is 3. The molecule has 6 heteroatoms. The molecule has 0 saturated carbocycles. The van der Waals surface area contributed by atoms with E-state index in [0.29, 0.717) is 12.5 Å². The van der Waals surface area contributed by atoms with Crippen LogP contribution in [0.4, 0.5) is 0 Å². The number of likely N-dealkylation sites (tertiary alicyclic amines) is 1. The monoisotopic (exact) mass is 372 g/mol. The van der Waals surface area contributed by atoms with Gasteiger partial charge in [-0.3, -0.25) is 4.79 Å². The van der Waals surface area contributed by atoms with E-state index in [-0.39, 0.29) is 12.0 Å². The average molecular weight is 373 g/mol. The maximum Gasteiger partial charge on any atom is 0.227 e. The van der Waals surface area contributed by atoms with Gasteiger partial charge in [0.2, 0.25) is 5.91 Å². The Bertz CT molecular complexity index is 775. The summed E-state index contributed by atoms with van der Waals surface area (Å²) in [6.45, 7) is 1.57. The molecule has 0 bridgehead atoms. The maximum atomic E-state index is 13.4. The van der Waals surface area contributed by atoms with Crippen LogP contribution in [-0.4, -0.2) is 38.2 Å². The number of fused-ring (bicyclic) bond motifs is 1. The number of aromatic nitrogens is 3. The number of nitrogens with zero attached hydrogens (tertiary/aromatic N) is 4. The largest absolute Gasteiger partial charge is 0.339 e. The van der Waals surface area contributed by atoms with Gasteiger partial charge in [-0.1, -0.05) is 42.6 Å². The highest BCUT2D eigenvalue weighted by Gasteiger charge is 2.33. The molecule has 5 nitrogen and oxygen atoms in total. The summed E-state index contributed by atoms with van der Waals surface area (Å²) in [4.78, 5) is 15.5. The van der Waals surface area contributed by atoms with E-state index in [1.807, 2.05) is 22.8 Å². The molecule has 2 aromatic rings. The van der Waals surface area contributed by atoms with Crippen LogP contribution in [0.15, 0.2) is 30.6 Å². The first-order valence-corrected chi connectivity index (χ1v) is 10.0. The van der Waals surface area contributed by atoms with Crippen molar-refractivity contribution < 1.29 is 4.79 Å². The van der Waals surface area contributed by atoms with Gasteiger partial charge in [0.05, 0.1) is 5.92 Å². The van der Waals surface area contributed by atoms with Gasteiger partial charge in [0, 0.05) is 30.6 Å². The van der Waals surface area contributed by atoms with E-state index < -0.39 is 0 Å². The van der Waals surface area contributed by atoms with Gasteiger partial charge in [0.1, 0.15) is 12.2 Å². The molecule has 1 aromatic heterocycles. The number of carbonyl (C=O) groups excluding carboxylic acids is 1. The number of halogens is 1. The Morgan fingerprint density at radius 3 is 2.96 bits per heavy atom. The number of amides is 1. The molecular formula is C20H25ClN4O. The van der Waals surface area contributed by atoms with Crippen LogP contribution in [-0.2, 0) is 24.2 Å². The van der Waals surface area contributed by atoms with Gasteiger partial charge in [-0.25, -0.2) is 0 Å². The fraction of sp³-hybridized carbons (Fsp3) is 0.550. The predicted molar refractivity (Wildman–Crippen MR) is 101 cm³/mol. The van der Waals surface area contributed by atoms with Gasteiger partial charge in [-0.15, -0.1) is 10.2 Å². The van der Waals surface area contributed by atoms with Crippen LogP contribution >= 0.6 is 11.6 Å². The normalized spacial score (nSPS) is 23.3. The highest BCUT2D eigenvalue weighted by atomic mass is 35.5. The van der Waals surface area contributed by atoms with Crippen LogP contribution in [0.2, 0.25) is 5.02 Å². The van der Waals surface area contributed by atoms with E-state index >= 15 is 0 Å². The molecule has 1 saturated heterocycles. The van der Waals surface area contributed by atoms with Gasteiger partial charge in [-0.05, 0) is 37.3 Å². The Balaban J connectivity index is 1.52. The first kappa shape index (κ1) is 17.5. The SMILES string of the molecule is O=C(C1CCc2nncn2C1)N1CCCCCC1Cc1ccccc1Cl. The van der Waals surface area contributed by atoms with E-state index in [9.17, 15) is 4.79 Å². The molecule has 2 unspecified atom stereocenters. The summed E-state index contributed by atoms with van der Waals surface area (Å²) in [6.07, 6.45) is 8.82. The third-order valence-electron chi connectivity index (χ3n) is 5.75. The van der Waals surface area contributed by atoms with E-state index in [1.165, 1.54) is 12.8 Å². The van der Waals surface area contributed by atoms with Crippen LogP contribution in [0.25, 0.3) is 0 Å². The molecule has 3 heterocycles. The van der Waals surface area contributed by atoms with Crippen molar-refractivity contribution in [2.45, 2.75) is 57.5 Å². The molecule has 4 rings (SSSR count). The zero-order valence-corrected chi connectivity index (χ0v) is 15.7. The Morgan fingerprint density at radius 1 is 1.19 bits per heavy atom. The molecule has 0 aliphatic carbocycles. The predicted octanol–water partition coefficient (Wildman–Crippen LogP) is 3.51. The van der Waals surface area contributed by atoms with Gasteiger partial charge < -0.3 is 9.47 Å². The number of benzene rings is 1. The van der Waals surface area contributed by atoms with E-state index in [4.69, 9.17) is 11.6 Å². The number of hydrogen-bond donors (Lipinski definition) is 0. The Morgan fingerprint density at radius 2 is 2.08 bits per heavy atom. The summed E-state index contributed by atoms with van der Waals surface area (Å²) in [6, 6.07) is 8.25. The summed E-state index contributed by atoms with van der Waals surface area (Å²) >= 11 is 6.38. The first-order chi connectivity index (χ1) is 12.7. The number of hydrogen-bond acceptors (Lipinski definition) is 3. The molecule has 26 heavy (non-hydrogen) atoms. The minimum absolute atomic E-state index is 0.0327. The molecule has 1 aromatic carbocycles. The minimum atomic E-state index is 0.0327. The average Bonchev–Trinajstić information content (AvgIpc) is 3.01. The van der Waals surface area contributed by atoms with Gasteiger partial charge in [-0.2, -0.15) is 0 Å². The topological polar surface area (TPSA) is 51.0 Å². The van der Waals surface area contributed by atoms with Crippen molar-refractivity contribution in [3.63, 3.8) is 0 Å². The molecule has 1 amide bonds. The molecule has 2 aliphatic rings. The van der Waals surface area contributed by atoms with Crippen molar-refractivity contribution in [1.29, 1.82) is 0 Å². The quantitative estimate of drug-likeness (QED) is 0.828. The minimum Gasteiger partial charge on any atom is -0.339 e. The third kappa shape index (κ3) is 3.63. The lowest BCUT2D eigenvalue weighted by Crippen LogP contribution is -2.46. The lowest BCUT2D eigenvalue weighted by atomic mass is 9.95. The molecule has 138 valence electrons. The van der Waals surface area contributed by atoms with Gasteiger partial charge >= 0.3 is 0 Å². The summed E-state index contributed by atoms with van der Waals surface area (Å²) in [5.41, 5.74) is 1.14. The highest BCUT2D eigenvalue weighted by molar-refractivity contribution is 6.31. The second kappa shape index (κ2) is 7.78. The Labute approximate surface area is 159 Å². The first-order valence-electron chi connectivity index (χ1n) is 9.63. The zero-order chi connectivity index (χ0) is 17.9. The molecule has 2 atom stereocenters. The summed E-state index contributed by atoms with van der Waals surface area (Å²) < 4.78 is 2.03. The van der Waals surface area contributed by atoms with Crippen molar-refractivity contribution >= 4 is 17.5 Å². The third-order valence-corrected chi connectivity index (χ3v) is 6.12. The fourth-order valence-corrected chi connectivity index (χ4v) is 4.50. The highest BCUT2D eigenvalue weighted by Crippen LogP contribution is 2.27. The Hall–Kier alpha value is -1.88. The fourth-order valence-electron chi connectivity index (χ4n) is 4.29. The summed E-state index contributed by atoms with van der Waals surface area (Å²) in [7, 11) is 0. The van der Waals surface area contributed by atoms with E-state index in [1.54, 1.807) is 6.33 Å². The van der Waals surface area contributed by atoms with Crippen LogP contribution < -0.4 is 0 Å². The van der Waals surface area contributed by atoms with E-state index in [0.717, 1.165) is 55.1 Å². The molecule has 0 spiro atoms. The van der Waals surface area contributed by atoms with Crippen LogP contribution in [0.5, 0.6) is 0 Å². The smallest absolute Gasteiger partial charge is 0.227 e. The van der Waals surface area contributed by atoms with Gasteiger partial charge in [0.25, 0.3) is 0 Å². The van der Waals surface area contributed by atoms with Crippen LogP contribution in [0.3, 0.4) is 0 Å². The standard InChI is InChI=1S/C20H25ClN4O/c21-18-8-4-3-6-15(18)12-17-7-2-1-5-11-25(17)20(26)16-9-10-19-23-22-14-24(19)13-16/h3-4,6,8,14,16-17H,1-2,5,7,9-13H2. The van der Waals surface area contributed by atoms with E-state index in [2.05, 4.69) is 21.2 Å². The second-order valence-electron chi connectivity index (χ2n) is 7.47. The Kier molecular flexibility index (Phi) is 5.25. The lowest BCUT2D eigenvalue weighted by Gasteiger charge is -2.34. The summed E-state index contributed by atoms with van der Waals surface area (Å²) in [5, 5.41) is 8.91. The van der Waals surface area contributed by atoms with Crippen molar-refractivity contribution in [2.24, 2.45) is 5.92 Å². The van der Waals surface area contributed by atoms with Crippen LogP contribution in [0, 0.1) is 5.92 Å². The second-order valence-corrected chi connectivity index (χ2v) is 7.87. The molecule has 1 fully saturated rings. The molecular weight excluding hydrogens is 348 g/mol. The maximum absolute atomic E-state index is 13.4. The summed E-state index contributed by atoms with van der Waals surface area (Å²) in [5.74, 6) is 1.33. The zero-order valence-electron chi connectivity index (χ0n) is 15.0. The van der Waals surface area contributed by atoms with Crippen molar-refractivity contribution in [3.8, 4) is 0 Å². The lowest BCUT2D eigenvalue weighted by molar-refractivity contribution is -0.139. The van der Waals surface area contributed by atoms with Crippen molar-refractivity contribution in [2.75, 3.05) is 6.54 Å². The van der Waals surface area contributed by atoms with Crippen LogP contribution in [0.1, 0.15) is 43.5 Å². The molecule has 0 N–H and O–H groups in total. The number of carbonyl (C=O) groups is 1. The van der Waals surface area contributed by atoms with Crippen molar-refractivity contribution in [3.05, 3.63) is 47.0 Å². The van der Waals surface area contributed by atoms with Gasteiger partial charge in [0.15, 0.2) is 0 Å². The number of aryl methyl sites for hydroxylation is 1. The molecule has 0 radical (unpaired) electrons. The van der Waals surface area contributed by atoms with Crippen molar-refractivity contribution in [1.82, 2.24) is 19.7 Å².